The van der Waals surface area contributed by atoms with Crippen LogP contribution in [0.15, 0.2) is 72.9 Å². The maximum Gasteiger partial charge on any atom is 0.124 e. The Labute approximate surface area is 141 Å². The van der Waals surface area contributed by atoms with Crippen molar-refractivity contribution < 1.29 is 9.13 Å². The van der Waals surface area contributed by atoms with E-state index in [-0.39, 0.29) is 5.82 Å². The van der Waals surface area contributed by atoms with Crippen LogP contribution in [0.25, 0.3) is 0 Å². The molecule has 24 heavy (non-hydrogen) atoms. The number of rotatable bonds is 7. The highest BCUT2D eigenvalue weighted by molar-refractivity contribution is 5.33. The Kier molecular flexibility index (Phi) is 5.53. The average molecular weight is 322 g/mol. The molecule has 4 heteroatoms. The van der Waals surface area contributed by atoms with E-state index in [2.05, 4.69) is 10.3 Å². The van der Waals surface area contributed by atoms with Crippen LogP contribution in [0.1, 0.15) is 16.8 Å². The van der Waals surface area contributed by atoms with E-state index in [4.69, 9.17) is 4.74 Å². The van der Waals surface area contributed by atoms with Gasteiger partial charge in [0.15, 0.2) is 0 Å². The van der Waals surface area contributed by atoms with Gasteiger partial charge in [0.1, 0.15) is 18.2 Å². The van der Waals surface area contributed by atoms with Gasteiger partial charge in [-0.05, 0) is 35.9 Å². The van der Waals surface area contributed by atoms with Gasteiger partial charge in [-0.3, -0.25) is 4.98 Å². The molecule has 122 valence electrons. The molecule has 0 bridgehead atoms. The number of hydrogen-bond acceptors (Lipinski definition) is 3. The molecule has 3 aromatic rings. The third-order valence-electron chi connectivity index (χ3n) is 3.63. The predicted octanol–water partition coefficient (Wildman–Crippen LogP) is 4.09. The molecule has 0 atom stereocenters. The minimum Gasteiger partial charge on any atom is -0.489 e. The van der Waals surface area contributed by atoms with Crippen LogP contribution in [0, 0.1) is 5.82 Å². The number of halogens is 1. The van der Waals surface area contributed by atoms with E-state index >= 15 is 0 Å². The molecule has 0 saturated heterocycles. The Morgan fingerprint density at radius 1 is 0.875 bits per heavy atom. The first kappa shape index (κ1) is 16.1. The number of hydrogen-bond donors (Lipinski definition) is 1. The molecule has 1 heterocycles. The Balaban J connectivity index is 1.57. The summed E-state index contributed by atoms with van der Waals surface area (Å²) in [7, 11) is 0. The summed E-state index contributed by atoms with van der Waals surface area (Å²) in [4.78, 5) is 4.29. The van der Waals surface area contributed by atoms with E-state index in [0.29, 0.717) is 19.7 Å². The number of benzene rings is 2. The van der Waals surface area contributed by atoms with Crippen LogP contribution in [0.4, 0.5) is 4.39 Å². The van der Waals surface area contributed by atoms with Gasteiger partial charge in [0, 0.05) is 24.8 Å². The second-order valence-corrected chi connectivity index (χ2v) is 5.45. The van der Waals surface area contributed by atoms with Gasteiger partial charge < -0.3 is 10.1 Å². The van der Waals surface area contributed by atoms with Crippen molar-refractivity contribution in [2.75, 3.05) is 0 Å². The van der Waals surface area contributed by atoms with E-state index in [1.54, 1.807) is 18.3 Å². The summed E-state index contributed by atoms with van der Waals surface area (Å²) in [6.07, 6.45) is 1.79. The van der Waals surface area contributed by atoms with Gasteiger partial charge in [-0.2, -0.15) is 0 Å². The van der Waals surface area contributed by atoms with E-state index < -0.39 is 0 Å². The van der Waals surface area contributed by atoms with Gasteiger partial charge in [-0.25, -0.2) is 4.39 Å². The number of ether oxygens (including phenoxy) is 1. The number of para-hydroxylation sites is 1. The van der Waals surface area contributed by atoms with Crippen LogP contribution in [-0.2, 0) is 19.7 Å². The Morgan fingerprint density at radius 3 is 2.46 bits per heavy atom. The van der Waals surface area contributed by atoms with Crippen LogP contribution >= 0.6 is 0 Å². The largest absolute Gasteiger partial charge is 0.489 e. The minimum absolute atomic E-state index is 0.238. The van der Waals surface area contributed by atoms with Crippen LogP contribution in [0.2, 0.25) is 0 Å². The van der Waals surface area contributed by atoms with Crippen molar-refractivity contribution in [3.05, 3.63) is 95.6 Å². The van der Waals surface area contributed by atoms with Crippen LogP contribution in [-0.4, -0.2) is 4.98 Å². The van der Waals surface area contributed by atoms with E-state index in [1.165, 1.54) is 12.1 Å². The molecule has 1 aromatic heterocycles. The van der Waals surface area contributed by atoms with Gasteiger partial charge in [0.05, 0.1) is 5.69 Å². The summed E-state index contributed by atoms with van der Waals surface area (Å²) >= 11 is 0. The number of nitrogens with zero attached hydrogens (tertiary/aromatic N) is 1. The molecule has 0 saturated carbocycles. The number of pyridine rings is 1. The molecule has 0 aliphatic heterocycles. The Bertz CT molecular complexity index is 760. The predicted molar refractivity (Wildman–Crippen MR) is 92.0 cm³/mol. The van der Waals surface area contributed by atoms with Crippen molar-refractivity contribution in [3.8, 4) is 5.75 Å². The third-order valence-corrected chi connectivity index (χ3v) is 3.63. The zero-order valence-corrected chi connectivity index (χ0v) is 13.3. The normalized spacial score (nSPS) is 10.5. The topological polar surface area (TPSA) is 34.1 Å². The van der Waals surface area contributed by atoms with E-state index in [1.807, 2.05) is 42.5 Å². The van der Waals surface area contributed by atoms with Crippen LogP contribution in [0.3, 0.4) is 0 Å². The summed E-state index contributed by atoms with van der Waals surface area (Å²) in [5.74, 6) is 0.591. The maximum absolute atomic E-state index is 12.9. The molecule has 0 aliphatic carbocycles. The monoisotopic (exact) mass is 322 g/mol. The first-order valence-electron chi connectivity index (χ1n) is 7.87. The van der Waals surface area contributed by atoms with Crippen molar-refractivity contribution in [3.63, 3.8) is 0 Å². The fraction of sp³-hybridized carbons (Fsp3) is 0.150. The zero-order valence-electron chi connectivity index (χ0n) is 13.3. The van der Waals surface area contributed by atoms with E-state index in [0.717, 1.165) is 22.6 Å². The van der Waals surface area contributed by atoms with Crippen molar-refractivity contribution in [1.82, 2.24) is 10.3 Å². The van der Waals surface area contributed by atoms with Gasteiger partial charge in [0.2, 0.25) is 0 Å². The van der Waals surface area contributed by atoms with Gasteiger partial charge in [0.25, 0.3) is 0 Å². The molecule has 0 amide bonds. The lowest BCUT2D eigenvalue weighted by Crippen LogP contribution is -2.14. The molecule has 2 aromatic carbocycles. The lowest BCUT2D eigenvalue weighted by Gasteiger charge is -2.12. The molecular formula is C20H19FN2O. The van der Waals surface area contributed by atoms with Gasteiger partial charge >= 0.3 is 0 Å². The maximum atomic E-state index is 12.9. The molecule has 1 N–H and O–H groups in total. The molecule has 0 aliphatic rings. The van der Waals surface area contributed by atoms with Crippen molar-refractivity contribution in [2.24, 2.45) is 0 Å². The summed E-state index contributed by atoms with van der Waals surface area (Å²) in [5, 5.41) is 3.37. The highest BCUT2D eigenvalue weighted by Gasteiger charge is 2.04. The zero-order chi connectivity index (χ0) is 16.6. The van der Waals surface area contributed by atoms with Crippen LogP contribution in [0.5, 0.6) is 5.75 Å². The second-order valence-electron chi connectivity index (χ2n) is 5.45. The first-order chi connectivity index (χ1) is 11.8. The van der Waals surface area contributed by atoms with Crippen molar-refractivity contribution in [1.29, 1.82) is 0 Å². The van der Waals surface area contributed by atoms with Gasteiger partial charge in [-0.1, -0.05) is 36.4 Å². The number of nitrogens with one attached hydrogen (secondary N) is 1. The third kappa shape index (κ3) is 4.64. The number of aromatic nitrogens is 1. The summed E-state index contributed by atoms with van der Waals surface area (Å²) in [6, 6.07) is 20.1. The molecule has 0 spiro atoms. The fourth-order valence-corrected chi connectivity index (χ4v) is 2.36. The highest BCUT2D eigenvalue weighted by atomic mass is 19.1. The Morgan fingerprint density at radius 2 is 1.67 bits per heavy atom. The molecule has 0 fully saturated rings. The standard InChI is InChI=1S/C20H19FN2O/c21-18-10-8-16(9-11-18)15-24-20-7-2-1-5-17(20)13-22-14-19-6-3-4-12-23-19/h1-12,22H,13-15H2. The summed E-state index contributed by atoms with van der Waals surface area (Å²) in [6.45, 7) is 1.81. The summed E-state index contributed by atoms with van der Waals surface area (Å²) in [5.41, 5.74) is 3.02. The fourth-order valence-electron chi connectivity index (χ4n) is 2.36. The first-order valence-corrected chi connectivity index (χ1v) is 7.87. The van der Waals surface area contributed by atoms with Crippen LogP contribution < -0.4 is 10.1 Å². The average Bonchev–Trinajstić information content (AvgIpc) is 2.63. The smallest absolute Gasteiger partial charge is 0.124 e. The van der Waals surface area contributed by atoms with Crippen molar-refractivity contribution in [2.45, 2.75) is 19.7 Å². The lowest BCUT2D eigenvalue weighted by atomic mass is 10.2. The SMILES string of the molecule is Fc1ccc(COc2ccccc2CNCc2ccccn2)cc1. The second kappa shape index (κ2) is 8.22. The van der Waals surface area contributed by atoms with Gasteiger partial charge in [-0.15, -0.1) is 0 Å². The molecular weight excluding hydrogens is 303 g/mol. The highest BCUT2D eigenvalue weighted by Crippen LogP contribution is 2.19. The molecule has 3 rings (SSSR count). The van der Waals surface area contributed by atoms with Crippen molar-refractivity contribution >= 4 is 0 Å². The van der Waals surface area contributed by atoms with E-state index in [9.17, 15) is 4.39 Å². The quantitative estimate of drug-likeness (QED) is 0.711. The Hall–Kier alpha value is -2.72. The lowest BCUT2D eigenvalue weighted by molar-refractivity contribution is 0.302. The molecule has 3 nitrogen and oxygen atoms in total. The molecule has 0 radical (unpaired) electrons. The minimum atomic E-state index is -0.238. The summed E-state index contributed by atoms with van der Waals surface area (Å²) < 4.78 is 18.8. The molecule has 0 unspecified atom stereocenters.